The molecule has 1 aromatic heterocycles. The lowest BCUT2D eigenvalue weighted by Crippen LogP contribution is -2.10. The monoisotopic (exact) mass is 333 g/mol. The average molecular weight is 333 g/mol. The van der Waals surface area contributed by atoms with Gasteiger partial charge in [0.05, 0.1) is 11.1 Å². The molecule has 3 aromatic rings. The van der Waals surface area contributed by atoms with Gasteiger partial charge in [0.25, 0.3) is 0 Å². The molecule has 24 heavy (non-hydrogen) atoms. The third-order valence-electron chi connectivity index (χ3n) is 3.64. The average Bonchev–Trinajstić information content (AvgIpc) is 2.54. The van der Waals surface area contributed by atoms with Crippen molar-refractivity contribution < 1.29 is 22.4 Å². The first kappa shape index (κ1) is 16.1. The molecule has 6 heteroatoms. The molecule has 0 unspecified atom stereocenters. The third kappa shape index (κ3) is 3.27. The Morgan fingerprint density at radius 1 is 1.04 bits per heavy atom. The van der Waals surface area contributed by atoms with Gasteiger partial charge in [-0.25, -0.2) is 4.39 Å². The van der Waals surface area contributed by atoms with Crippen LogP contribution in [0.5, 0.6) is 0 Å². The molecule has 2 aromatic carbocycles. The lowest BCUT2D eigenvalue weighted by Gasteiger charge is -2.10. The van der Waals surface area contributed by atoms with Gasteiger partial charge < -0.3 is 0 Å². The number of hydrogen-bond donors (Lipinski definition) is 0. The highest BCUT2D eigenvalue weighted by Gasteiger charge is 2.32. The Morgan fingerprint density at radius 2 is 1.79 bits per heavy atom. The van der Waals surface area contributed by atoms with Crippen LogP contribution in [0.25, 0.3) is 10.9 Å². The van der Waals surface area contributed by atoms with Crippen molar-refractivity contribution >= 4 is 16.7 Å². The molecule has 0 radical (unpaired) electrons. The van der Waals surface area contributed by atoms with Crippen molar-refractivity contribution in [2.24, 2.45) is 0 Å². The van der Waals surface area contributed by atoms with E-state index in [1.165, 1.54) is 6.20 Å². The molecule has 3 rings (SSSR count). The largest absolute Gasteiger partial charge is 0.416 e. The van der Waals surface area contributed by atoms with E-state index < -0.39 is 23.3 Å². The van der Waals surface area contributed by atoms with Crippen LogP contribution >= 0.6 is 0 Å². The number of ketones is 1. The number of rotatable bonds is 3. The quantitative estimate of drug-likeness (QED) is 0.508. The summed E-state index contributed by atoms with van der Waals surface area (Å²) in [7, 11) is 0. The summed E-state index contributed by atoms with van der Waals surface area (Å²) in [5.74, 6) is -1.68. The Morgan fingerprint density at radius 3 is 2.54 bits per heavy atom. The van der Waals surface area contributed by atoms with Gasteiger partial charge in [-0.2, -0.15) is 13.2 Å². The van der Waals surface area contributed by atoms with Crippen LogP contribution in [0.15, 0.2) is 54.7 Å². The lowest BCUT2D eigenvalue weighted by molar-refractivity contribution is -0.137. The number of benzene rings is 2. The molecule has 1 heterocycles. The SMILES string of the molecule is O=C(Cc1ccnc2ccccc12)c1cc(F)cc(C(F)(F)F)c1. The predicted molar refractivity (Wildman–Crippen MR) is 81.2 cm³/mol. The van der Waals surface area contributed by atoms with E-state index in [0.29, 0.717) is 23.2 Å². The maximum absolute atomic E-state index is 13.4. The fourth-order valence-corrected chi connectivity index (χ4v) is 2.50. The number of hydrogen-bond acceptors (Lipinski definition) is 2. The summed E-state index contributed by atoms with van der Waals surface area (Å²) < 4.78 is 51.7. The van der Waals surface area contributed by atoms with Crippen LogP contribution in [-0.2, 0) is 12.6 Å². The Bertz CT molecular complexity index is 913. The summed E-state index contributed by atoms with van der Waals surface area (Å²) >= 11 is 0. The maximum atomic E-state index is 13.4. The van der Waals surface area contributed by atoms with E-state index >= 15 is 0 Å². The molecule has 122 valence electrons. The Kier molecular flexibility index (Phi) is 4.05. The van der Waals surface area contributed by atoms with Gasteiger partial charge in [0.2, 0.25) is 0 Å². The number of para-hydroxylation sites is 1. The van der Waals surface area contributed by atoms with Crippen molar-refractivity contribution in [2.75, 3.05) is 0 Å². The molecule has 0 atom stereocenters. The number of halogens is 4. The summed E-state index contributed by atoms with van der Waals surface area (Å²) in [6.45, 7) is 0. The normalized spacial score (nSPS) is 11.7. The fraction of sp³-hybridized carbons (Fsp3) is 0.111. The number of aromatic nitrogens is 1. The van der Waals surface area contributed by atoms with Crippen molar-refractivity contribution in [2.45, 2.75) is 12.6 Å². The molecular weight excluding hydrogens is 322 g/mol. The predicted octanol–water partition coefficient (Wildman–Crippen LogP) is 4.82. The zero-order valence-corrected chi connectivity index (χ0v) is 12.3. The second kappa shape index (κ2) is 6.03. The zero-order chi connectivity index (χ0) is 17.3. The summed E-state index contributed by atoms with van der Waals surface area (Å²) in [6.07, 6.45) is -3.32. The first-order valence-corrected chi connectivity index (χ1v) is 7.08. The lowest BCUT2D eigenvalue weighted by atomic mass is 9.98. The molecule has 0 spiro atoms. The number of fused-ring (bicyclic) bond motifs is 1. The highest BCUT2D eigenvalue weighted by atomic mass is 19.4. The minimum absolute atomic E-state index is 0.135. The third-order valence-corrected chi connectivity index (χ3v) is 3.64. The van der Waals surface area contributed by atoms with Crippen molar-refractivity contribution in [3.63, 3.8) is 0 Å². The van der Waals surface area contributed by atoms with Crippen LogP contribution < -0.4 is 0 Å². The van der Waals surface area contributed by atoms with Crippen molar-refractivity contribution in [1.82, 2.24) is 4.98 Å². The second-order valence-electron chi connectivity index (χ2n) is 5.31. The topological polar surface area (TPSA) is 30.0 Å². The molecule has 0 fully saturated rings. The van der Waals surface area contributed by atoms with E-state index in [0.717, 1.165) is 11.5 Å². The Hall–Kier alpha value is -2.76. The Labute approximate surface area is 134 Å². The number of alkyl halides is 3. The van der Waals surface area contributed by atoms with Gasteiger partial charge in [-0.3, -0.25) is 9.78 Å². The van der Waals surface area contributed by atoms with Gasteiger partial charge in [-0.1, -0.05) is 18.2 Å². The van der Waals surface area contributed by atoms with Gasteiger partial charge in [0.15, 0.2) is 5.78 Å². The van der Waals surface area contributed by atoms with Crippen LogP contribution in [-0.4, -0.2) is 10.8 Å². The van der Waals surface area contributed by atoms with Crippen LogP contribution in [0.2, 0.25) is 0 Å². The molecule has 0 saturated carbocycles. The number of Topliss-reactive ketones (excluding diaryl/α,β-unsaturated/α-hetero) is 1. The van der Waals surface area contributed by atoms with Crippen LogP contribution in [0.1, 0.15) is 21.5 Å². The number of carbonyl (C=O) groups is 1. The second-order valence-corrected chi connectivity index (χ2v) is 5.31. The molecule has 2 nitrogen and oxygen atoms in total. The molecule has 0 aliphatic rings. The minimum atomic E-state index is -4.71. The van der Waals surface area contributed by atoms with Crippen molar-refractivity contribution in [3.8, 4) is 0 Å². The highest BCUT2D eigenvalue weighted by Crippen LogP contribution is 2.31. The van der Waals surface area contributed by atoms with Gasteiger partial charge in [0.1, 0.15) is 5.82 Å². The molecular formula is C18H11F4NO. The maximum Gasteiger partial charge on any atom is 0.416 e. The summed E-state index contributed by atoms with van der Waals surface area (Å²) in [5.41, 5.74) is -0.171. The van der Waals surface area contributed by atoms with E-state index in [4.69, 9.17) is 0 Å². The van der Waals surface area contributed by atoms with Gasteiger partial charge in [-0.15, -0.1) is 0 Å². The van der Waals surface area contributed by atoms with Crippen LogP contribution in [0, 0.1) is 5.82 Å². The summed E-state index contributed by atoms with van der Waals surface area (Å²) in [5, 5.41) is 0.737. The molecule has 0 saturated heterocycles. The minimum Gasteiger partial charge on any atom is -0.294 e. The fourth-order valence-electron chi connectivity index (χ4n) is 2.50. The van der Waals surface area contributed by atoms with E-state index in [1.54, 1.807) is 30.3 Å². The summed E-state index contributed by atoms with van der Waals surface area (Å²) in [4.78, 5) is 16.5. The first-order chi connectivity index (χ1) is 11.3. The van der Waals surface area contributed by atoms with E-state index in [-0.39, 0.29) is 12.0 Å². The van der Waals surface area contributed by atoms with E-state index in [9.17, 15) is 22.4 Å². The van der Waals surface area contributed by atoms with Crippen molar-refractivity contribution in [3.05, 3.63) is 77.2 Å². The molecule has 0 bridgehead atoms. The zero-order valence-electron chi connectivity index (χ0n) is 12.3. The van der Waals surface area contributed by atoms with E-state index in [2.05, 4.69) is 4.98 Å². The van der Waals surface area contributed by atoms with Crippen LogP contribution in [0.3, 0.4) is 0 Å². The number of pyridine rings is 1. The molecule has 0 N–H and O–H groups in total. The highest BCUT2D eigenvalue weighted by molar-refractivity contribution is 5.99. The number of carbonyl (C=O) groups excluding carboxylic acids is 1. The Balaban J connectivity index is 1.97. The van der Waals surface area contributed by atoms with E-state index in [1.807, 2.05) is 0 Å². The van der Waals surface area contributed by atoms with Crippen molar-refractivity contribution in [1.29, 1.82) is 0 Å². The standard InChI is InChI=1S/C18H11F4NO/c19-14-8-12(7-13(10-14)18(20,21)22)17(24)9-11-5-6-23-16-4-2-1-3-15(11)16/h1-8,10H,9H2. The van der Waals surface area contributed by atoms with Gasteiger partial charge >= 0.3 is 6.18 Å². The molecule has 0 aliphatic carbocycles. The first-order valence-electron chi connectivity index (χ1n) is 7.08. The van der Waals surface area contributed by atoms with Crippen LogP contribution in [0.4, 0.5) is 17.6 Å². The summed E-state index contributed by atoms with van der Waals surface area (Å²) in [6, 6.07) is 10.6. The molecule has 0 amide bonds. The molecule has 0 aliphatic heterocycles. The smallest absolute Gasteiger partial charge is 0.294 e. The van der Waals surface area contributed by atoms with Gasteiger partial charge in [-0.05, 0) is 35.9 Å². The van der Waals surface area contributed by atoms with Gasteiger partial charge in [0, 0.05) is 23.6 Å². The number of nitrogens with zero attached hydrogens (tertiary/aromatic N) is 1.